The topological polar surface area (TPSA) is 125 Å². The molecule has 1 heterocycles. The van der Waals surface area contributed by atoms with Crippen molar-refractivity contribution >= 4 is 71.7 Å². The van der Waals surface area contributed by atoms with Gasteiger partial charge in [-0.2, -0.15) is 0 Å². The van der Waals surface area contributed by atoms with Crippen LogP contribution in [0.3, 0.4) is 0 Å². The van der Waals surface area contributed by atoms with Crippen LogP contribution in [0.15, 0.2) is 77.1 Å². The molecule has 1 amide bonds. The molecule has 0 fully saturated rings. The van der Waals surface area contributed by atoms with E-state index in [0.29, 0.717) is 13.8 Å². The van der Waals surface area contributed by atoms with Crippen LogP contribution in [0.25, 0.3) is 10.2 Å². The largest absolute Gasteiger partial charge is 0.480 e. The van der Waals surface area contributed by atoms with Crippen molar-refractivity contribution in [3.63, 3.8) is 0 Å². The Bertz CT molecular complexity index is 1470. The number of carbonyl (C=O) groups excluding carboxylic acids is 1. The van der Waals surface area contributed by atoms with Gasteiger partial charge in [0, 0.05) is 9.99 Å². The molecule has 0 spiro atoms. The number of halogens is 1. The molecule has 3 N–H and O–H groups in total. The van der Waals surface area contributed by atoms with Crippen molar-refractivity contribution in [2.45, 2.75) is 17.4 Å². The number of fused-ring (bicyclic) bond motifs is 1. The molecule has 1 atom stereocenters. The van der Waals surface area contributed by atoms with Crippen LogP contribution in [-0.2, 0) is 21.2 Å². The predicted molar refractivity (Wildman–Crippen MR) is 139 cm³/mol. The Kier molecular flexibility index (Phi) is 7.14. The van der Waals surface area contributed by atoms with Crippen LogP contribution < -0.4 is 10.0 Å². The molecule has 0 saturated carbocycles. The number of aliphatic carboxylic acids is 1. The number of nitrogens with one attached hydrogen (secondary N) is 2. The van der Waals surface area contributed by atoms with Gasteiger partial charge in [-0.25, -0.2) is 18.2 Å². The summed E-state index contributed by atoms with van der Waals surface area (Å²) in [6.07, 6.45) is 0.0825. The van der Waals surface area contributed by atoms with Crippen molar-refractivity contribution in [2.24, 2.45) is 0 Å². The summed E-state index contributed by atoms with van der Waals surface area (Å²) in [7, 11) is -4.08. The summed E-state index contributed by atoms with van der Waals surface area (Å²) < 4.78 is 30.3. The van der Waals surface area contributed by atoms with E-state index in [2.05, 4.69) is 15.0 Å². The molecular weight excluding hydrogens is 589 g/mol. The van der Waals surface area contributed by atoms with Crippen molar-refractivity contribution in [3.05, 3.63) is 86.9 Å². The van der Waals surface area contributed by atoms with Crippen LogP contribution in [0.5, 0.6) is 0 Å². The highest BCUT2D eigenvalue weighted by molar-refractivity contribution is 14.1. The lowest BCUT2D eigenvalue weighted by molar-refractivity contribution is -0.139. The number of rotatable bonds is 8. The second kappa shape index (κ2) is 10.1. The van der Waals surface area contributed by atoms with Gasteiger partial charge in [-0.05, 0) is 58.5 Å². The average molecular weight is 607 g/mol. The van der Waals surface area contributed by atoms with E-state index in [0.717, 1.165) is 5.56 Å². The summed E-state index contributed by atoms with van der Waals surface area (Å²) in [5, 5.41) is 12.1. The van der Waals surface area contributed by atoms with E-state index in [9.17, 15) is 23.1 Å². The van der Waals surface area contributed by atoms with Gasteiger partial charge in [-0.15, -0.1) is 11.3 Å². The quantitative estimate of drug-likeness (QED) is 0.259. The molecule has 4 aromatic rings. The highest BCUT2D eigenvalue weighted by Gasteiger charge is 2.25. The Hall–Kier alpha value is -3.03. The lowest BCUT2D eigenvalue weighted by atomic mass is 10.1. The van der Waals surface area contributed by atoms with Crippen molar-refractivity contribution in [2.75, 3.05) is 4.72 Å². The van der Waals surface area contributed by atoms with Crippen molar-refractivity contribution in [1.82, 2.24) is 10.3 Å². The van der Waals surface area contributed by atoms with E-state index in [1.807, 2.05) is 28.7 Å². The molecule has 0 aliphatic carbocycles. The molecule has 1 aromatic heterocycles. The average Bonchev–Trinajstić information content (AvgIpc) is 3.28. The molecule has 11 heteroatoms. The Morgan fingerprint density at radius 2 is 1.82 bits per heavy atom. The summed E-state index contributed by atoms with van der Waals surface area (Å²) in [6.45, 7) is 0. The van der Waals surface area contributed by atoms with Gasteiger partial charge in [0.1, 0.15) is 16.5 Å². The molecule has 8 nitrogen and oxygen atoms in total. The second-order valence-electron chi connectivity index (χ2n) is 7.30. The number of carboxylic acids is 1. The minimum absolute atomic E-state index is 0.00811. The number of sulfonamides is 1. The second-order valence-corrected chi connectivity index (χ2v) is 11.1. The number of para-hydroxylation sites is 1. The number of hydrogen-bond donors (Lipinski definition) is 3. The number of hydrogen-bond acceptors (Lipinski definition) is 6. The Morgan fingerprint density at radius 3 is 2.56 bits per heavy atom. The number of thiazole rings is 1. The van der Waals surface area contributed by atoms with Crippen LogP contribution in [0, 0.1) is 3.57 Å². The number of benzene rings is 3. The molecule has 0 aliphatic rings. The number of aromatic nitrogens is 1. The number of carbonyl (C=O) groups is 2. The standard InChI is InChI=1S/C23H18IN3O5S2/c24-15-9-10-16(22(28)26-18(23(29)30)11-14-5-2-1-3-6-14)17(12-15)27-34(31,32)20-8-4-7-19-21(20)25-13-33-19/h1-10,12-13,18,27H,11H2,(H,26,28)(H,29,30). The maximum absolute atomic E-state index is 13.2. The normalized spacial score (nSPS) is 12.3. The van der Waals surface area contributed by atoms with Crippen LogP contribution in [0.4, 0.5) is 5.69 Å². The lowest BCUT2D eigenvalue weighted by Crippen LogP contribution is -2.42. The van der Waals surface area contributed by atoms with Gasteiger partial charge < -0.3 is 10.4 Å². The summed E-state index contributed by atoms with van der Waals surface area (Å²) in [6, 6.07) is 17.2. The fourth-order valence-electron chi connectivity index (χ4n) is 3.36. The molecule has 34 heavy (non-hydrogen) atoms. The molecule has 174 valence electrons. The smallest absolute Gasteiger partial charge is 0.326 e. The van der Waals surface area contributed by atoms with E-state index in [1.54, 1.807) is 48.0 Å². The summed E-state index contributed by atoms with van der Waals surface area (Å²) in [5.41, 5.74) is 2.70. The molecule has 0 bridgehead atoms. The summed E-state index contributed by atoms with van der Waals surface area (Å²) >= 11 is 3.33. The highest BCUT2D eigenvalue weighted by atomic mass is 127. The number of carboxylic acid groups (broad SMARTS) is 1. The van der Waals surface area contributed by atoms with Crippen molar-refractivity contribution < 1.29 is 23.1 Å². The van der Waals surface area contributed by atoms with Gasteiger partial charge in [0.15, 0.2) is 0 Å². The van der Waals surface area contributed by atoms with Gasteiger partial charge in [0.2, 0.25) is 0 Å². The highest BCUT2D eigenvalue weighted by Crippen LogP contribution is 2.28. The van der Waals surface area contributed by atoms with Gasteiger partial charge in [-0.3, -0.25) is 9.52 Å². The number of amides is 1. The molecule has 0 radical (unpaired) electrons. The molecule has 0 aliphatic heterocycles. The Balaban J connectivity index is 1.63. The lowest BCUT2D eigenvalue weighted by Gasteiger charge is -2.17. The van der Waals surface area contributed by atoms with Gasteiger partial charge in [0.25, 0.3) is 15.9 Å². The van der Waals surface area contributed by atoms with Crippen LogP contribution in [0.1, 0.15) is 15.9 Å². The minimum Gasteiger partial charge on any atom is -0.480 e. The fraction of sp³-hybridized carbons (Fsp3) is 0.0870. The van der Waals surface area contributed by atoms with E-state index < -0.39 is 27.9 Å². The first kappa shape index (κ1) is 24.1. The number of nitrogens with zero attached hydrogens (tertiary/aromatic N) is 1. The molecule has 0 saturated heterocycles. The summed E-state index contributed by atoms with van der Waals surface area (Å²) in [5.74, 6) is -1.90. The first-order valence-corrected chi connectivity index (χ1v) is 13.4. The molecule has 3 aromatic carbocycles. The monoisotopic (exact) mass is 607 g/mol. The fourth-order valence-corrected chi connectivity index (χ4v) is 5.86. The molecule has 4 rings (SSSR count). The minimum atomic E-state index is -4.08. The van der Waals surface area contributed by atoms with Crippen molar-refractivity contribution in [3.8, 4) is 0 Å². The Labute approximate surface area is 213 Å². The van der Waals surface area contributed by atoms with Gasteiger partial charge >= 0.3 is 5.97 Å². The summed E-state index contributed by atoms with van der Waals surface area (Å²) in [4.78, 5) is 29.0. The predicted octanol–water partition coefficient (Wildman–Crippen LogP) is 4.13. The third-order valence-corrected chi connectivity index (χ3v) is 7.83. The van der Waals surface area contributed by atoms with Crippen LogP contribution >= 0.6 is 33.9 Å². The van der Waals surface area contributed by atoms with Gasteiger partial charge in [0.05, 0.1) is 21.5 Å². The van der Waals surface area contributed by atoms with E-state index in [1.165, 1.54) is 29.5 Å². The van der Waals surface area contributed by atoms with Gasteiger partial charge in [-0.1, -0.05) is 36.4 Å². The maximum Gasteiger partial charge on any atom is 0.326 e. The van der Waals surface area contributed by atoms with E-state index in [-0.39, 0.29) is 22.6 Å². The van der Waals surface area contributed by atoms with E-state index >= 15 is 0 Å². The van der Waals surface area contributed by atoms with Crippen molar-refractivity contribution in [1.29, 1.82) is 0 Å². The molecular formula is C23H18IN3O5S2. The zero-order valence-electron chi connectivity index (χ0n) is 17.4. The zero-order chi connectivity index (χ0) is 24.3. The maximum atomic E-state index is 13.2. The van der Waals surface area contributed by atoms with Crippen LogP contribution in [-0.4, -0.2) is 36.4 Å². The first-order chi connectivity index (χ1) is 16.2. The Morgan fingerprint density at radius 1 is 1.06 bits per heavy atom. The first-order valence-electron chi connectivity index (χ1n) is 9.97. The van der Waals surface area contributed by atoms with Crippen LogP contribution in [0.2, 0.25) is 0 Å². The number of anilines is 1. The SMILES string of the molecule is O=C(NC(Cc1ccccc1)C(=O)O)c1ccc(I)cc1NS(=O)(=O)c1cccc2scnc12. The van der Waals surface area contributed by atoms with E-state index in [4.69, 9.17) is 0 Å². The zero-order valence-corrected chi connectivity index (χ0v) is 21.2. The third-order valence-electron chi connectivity index (χ3n) is 4.97. The third kappa shape index (κ3) is 5.37. The molecule has 1 unspecified atom stereocenters.